The van der Waals surface area contributed by atoms with E-state index in [1.807, 2.05) is 0 Å². The molecule has 1 aromatic carbocycles. The number of hydrogen-bond acceptors (Lipinski definition) is 3. The van der Waals surface area contributed by atoms with Crippen molar-refractivity contribution in [3.8, 4) is 11.3 Å². The fourth-order valence-electron chi connectivity index (χ4n) is 1.68. The summed E-state index contributed by atoms with van der Waals surface area (Å²) in [6.07, 6.45) is -3.23. The molecule has 0 radical (unpaired) electrons. The van der Waals surface area contributed by atoms with Gasteiger partial charge in [0.25, 0.3) is 0 Å². The highest BCUT2D eigenvalue weighted by Crippen LogP contribution is 2.34. The maximum Gasteiger partial charge on any atom is 0.416 e. The van der Waals surface area contributed by atoms with Gasteiger partial charge in [-0.2, -0.15) is 13.2 Å². The van der Waals surface area contributed by atoms with Crippen LogP contribution in [0, 0.1) is 0 Å². The summed E-state index contributed by atoms with van der Waals surface area (Å²) in [6.45, 7) is 0. The average molecular weight is 302 g/mol. The van der Waals surface area contributed by atoms with E-state index >= 15 is 0 Å². The Morgan fingerprint density at radius 2 is 1.80 bits per heavy atom. The molecule has 0 aliphatic heterocycles. The molecule has 0 aliphatic carbocycles. The normalized spacial score (nSPS) is 12.4. The van der Waals surface area contributed by atoms with Crippen LogP contribution in [-0.2, 0) is 16.2 Å². The van der Waals surface area contributed by atoms with Crippen LogP contribution in [0.25, 0.3) is 11.3 Å². The van der Waals surface area contributed by atoms with Crippen molar-refractivity contribution in [3.05, 3.63) is 48.2 Å². The highest BCUT2D eigenvalue weighted by atomic mass is 32.2. The summed E-state index contributed by atoms with van der Waals surface area (Å²) in [4.78, 5) is 3.46. The van der Waals surface area contributed by atoms with Crippen molar-refractivity contribution in [2.24, 2.45) is 5.14 Å². The van der Waals surface area contributed by atoms with E-state index in [2.05, 4.69) is 4.98 Å². The third-order valence-electron chi connectivity index (χ3n) is 2.55. The zero-order valence-electron chi connectivity index (χ0n) is 9.92. The second kappa shape index (κ2) is 4.88. The Labute approximate surface area is 113 Å². The Balaban J connectivity index is 2.74. The molecule has 0 saturated carbocycles. The second-order valence-electron chi connectivity index (χ2n) is 3.97. The number of aromatic nitrogens is 1. The number of nitrogens with two attached hydrogens (primary N) is 1. The van der Waals surface area contributed by atoms with Crippen molar-refractivity contribution in [3.63, 3.8) is 0 Å². The van der Waals surface area contributed by atoms with E-state index in [0.717, 1.165) is 12.1 Å². The van der Waals surface area contributed by atoms with Crippen molar-refractivity contribution >= 4 is 10.0 Å². The summed E-state index contributed by atoms with van der Waals surface area (Å²) in [5, 5.41) is 5.02. The molecule has 2 N–H and O–H groups in total. The lowest BCUT2D eigenvalue weighted by atomic mass is 10.1. The molecule has 0 spiro atoms. The van der Waals surface area contributed by atoms with Gasteiger partial charge in [0, 0.05) is 11.8 Å². The molecule has 2 aromatic rings. The van der Waals surface area contributed by atoms with Gasteiger partial charge in [-0.1, -0.05) is 6.07 Å². The number of halogens is 3. The minimum absolute atomic E-state index is 0.0997. The minimum Gasteiger partial charge on any atom is -0.256 e. The first-order valence-electron chi connectivity index (χ1n) is 5.35. The SMILES string of the molecule is NS(=O)(=O)c1ccc(C(F)(F)F)cc1-c1ccccn1. The van der Waals surface area contributed by atoms with Crippen LogP contribution in [0.4, 0.5) is 13.2 Å². The van der Waals surface area contributed by atoms with Crippen LogP contribution in [-0.4, -0.2) is 13.4 Å². The minimum atomic E-state index is -4.58. The van der Waals surface area contributed by atoms with Gasteiger partial charge in [-0.3, -0.25) is 4.98 Å². The van der Waals surface area contributed by atoms with E-state index in [9.17, 15) is 21.6 Å². The van der Waals surface area contributed by atoms with Crippen LogP contribution in [0.15, 0.2) is 47.5 Å². The predicted octanol–water partition coefficient (Wildman–Crippen LogP) is 2.41. The number of pyridine rings is 1. The van der Waals surface area contributed by atoms with Crippen molar-refractivity contribution in [1.82, 2.24) is 4.98 Å². The number of nitrogens with zero attached hydrogens (tertiary/aromatic N) is 1. The van der Waals surface area contributed by atoms with Crippen molar-refractivity contribution in [1.29, 1.82) is 0 Å². The molecule has 4 nitrogen and oxygen atoms in total. The molecule has 20 heavy (non-hydrogen) atoms. The quantitative estimate of drug-likeness (QED) is 0.926. The molecule has 0 unspecified atom stereocenters. The topological polar surface area (TPSA) is 73.1 Å². The van der Waals surface area contributed by atoms with Crippen LogP contribution in [0.2, 0.25) is 0 Å². The Hall–Kier alpha value is -1.93. The smallest absolute Gasteiger partial charge is 0.256 e. The van der Waals surface area contributed by atoms with Crippen molar-refractivity contribution in [2.45, 2.75) is 11.1 Å². The third kappa shape index (κ3) is 2.97. The van der Waals surface area contributed by atoms with Crippen molar-refractivity contribution in [2.75, 3.05) is 0 Å². The van der Waals surface area contributed by atoms with Gasteiger partial charge < -0.3 is 0 Å². The maximum atomic E-state index is 12.7. The van der Waals surface area contributed by atoms with Gasteiger partial charge in [0.1, 0.15) is 0 Å². The zero-order chi connectivity index (χ0) is 15.0. The van der Waals surface area contributed by atoms with Gasteiger partial charge in [-0.25, -0.2) is 13.6 Å². The average Bonchev–Trinajstić information content (AvgIpc) is 2.37. The van der Waals surface area contributed by atoms with Gasteiger partial charge >= 0.3 is 6.18 Å². The molecule has 0 saturated heterocycles. The van der Waals surface area contributed by atoms with Gasteiger partial charge in [0.2, 0.25) is 10.0 Å². The number of sulfonamides is 1. The molecule has 1 aromatic heterocycles. The van der Waals surface area contributed by atoms with Gasteiger partial charge in [0.05, 0.1) is 16.2 Å². The molecular weight excluding hydrogens is 293 g/mol. The molecule has 8 heteroatoms. The first kappa shape index (κ1) is 14.5. The van der Waals surface area contributed by atoms with Gasteiger partial charge in [0.15, 0.2) is 0 Å². The lowest BCUT2D eigenvalue weighted by Crippen LogP contribution is -2.15. The molecule has 0 atom stereocenters. The largest absolute Gasteiger partial charge is 0.416 e. The summed E-state index contributed by atoms with van der Waals surface area (Å²) in [5.41, 5.74) is -1.05. The standard InChI is InChI=1S/C12H9F3N2O2S/c13-12(14,15)8-4-5-11(20(16,18)19)9(7-8)10-3-1-2-6-17-10/h1-7H,(H2,16,18,19). The number of hydrogen-bond donors (Lipinski definition) is 1. The maximum absolute atomic E-state index is 12.7. The predicted molar refractivity (Wildman–Crippen MR) is 66.0 cm³/mol. The molecule has 2 rings (SSSR count). The monoisotopic (exact) mass is 302 g/mol. The van der Waals surface area contributed by atoms with Crippen LogP contribution >= 0.6 is 0 Å². The van der Waals surface area contributed by atoms with Crippen LogP contribution in [0.3, 0.4) is 0 Å². The first-order valence-corrected chi connectivity index (χ1v) is 6.89. The Morgan fingerprint density at radius 1 is 1.10 bits per heavy atom. The lowest BCUT2D eigenvalue weighted by Gasteiger charge is -2.12. The van der Waals surface area contributed by atoms with E-state index in [4.69, 9.17) is 5.14 Å². The fourth-order valence-corrected chi connectivity index (χ4v) is 2.40. The molecule has 0 bridgehead atoms. The van der Waals surface area contributed by atoms with E-state index < -0.39 is 26.7 Å². The highest BCUT2D eigenvalue weighted by molar-refractivity contribution is 7.89. The third-order valence-corrected chi connectivity index (χ3v) is 3.52. The molecule has 1 heterocycles. The molecule has 0 amide bonds. The van der Waals surface area contributed by atoms with E-state index in [1.165, 1.54) is 18.3 Å². The number of primary sulfonamides is 1. The fraction of sp³-hybridized carbons (Fsp3) is 0.0833. The number of rotatable bonds is 2. The first-order chi connectivity index (χ1) is 9.19. The van der Waals surface area contributed by atoms with Crippen LogP contribution in [0.1, 0.15) is 5.56 Å². The summed E-state index contributed by atoms with van der Waals surface area (Å²) in [5.74, 6) is 0. The molecule has 106 valence electrons. The lowest BCUT2D eigenvalue weighted by molar-refractivity contribution is -0.137. The number of alkyl halides is 3. The summed E-state index contributed by atoms with van der Waals surface area (Å²) in [6, 6.07) is 6.74. The number of benzene rings is 1. The van der Waals surface area contributed by atoms with Crippen LogP contribution < -0.4 is 5.14 Å². The second-order valence-corrected chi connectivity index (χ2v) is 5.50. The Bertz CT molecular complexity index is 728. The summed E-state index contributed by atoms with van der Waals surface area (Å²) < 4.78 is 61.0. The molecule has 0 fully saturated rings. The molecular formula is C12H9F3N2O2S. The highest BCUT2D eigenvalue weighted by Gasteiger charge is 2.32. The molecule has 0 aliphatic rings. The van der Waals surface area contributed by atoms with E-state index in [1.54, 1.807) is 6.07 Å². The Morgan fingerprint density at radius 3 is 2.30 bits per heavy atom. The van der Waals surface area contributed by atoms with Gasteiger partial charge in [-0.05, 0) is 30.3 Å². The summed E-state index contributed by atoms with van der Waals surface area (Å²) >= 11 is 0. The van der Waals surface area contributed by atoms with E-state index in [-0.39, 0.29) is 11.3 Å². The van der Waals surface area contributed by atoms with Crippen LogP contribution in [0.5, 0.6) is 0 Å². The Kier molecular flexibility index (Phi) is 3.53. The summed E-state index contributed by atoms with van der Waals surface area (Å²) in [7, 11) is -4.15. The van der Waals surface area contributed by atoms with Crippen molar-refractivity contribution < 1.29 is 21.6 Å². The van der Waals surface area contributed by atoms with Gasteiger partial charge in [-0.15, -0.1) is 0 Å². The van der Waals surface area contributed by atoms with E-state index in [0.29, 0.717) is 6.07 Å². The zero-order valence-corrected chi connectivity index (χ0v) is 10.7.